The van der Waals surface area contributed by atoms with Crippen LogP contribution in [0, 0.1) is 19.3 Å². The van der Waals surface area contributed by atoms with E-state index in [0.717, 1.165) is 36.1 Å². The molecule has 1 saturated carbocycles. The fourth-order valence-electron chi connectivity index (χ4n) is 3.04. The number of aliphatic hydroxyl groups excluding tert-OH is 1. The Kier molecular flexibility index (Phi) is 4.33. The van der Waals surface area contributed by atoms with Gasteiger partial charge in [0.25, 0.3) is 0 Å². The summed E-state index contributed by atoms with van der Waals surface area (Å²) in [6.45, 7) is 6.16. The zero-order valence-corrected chi connectivity index (χ0v) is 12.5. The van der Waals surface area contributed by atoms with E-state index < -0.39 is 0 Å². The molecule has 20 heavy (non-hydrogen) atoms. The Hall–Kier alpha value is -1.55. The van der Waals surface area contributed by atoms with Gasteiger partial charge in [0.05, 0.1) is 6.61 Å². The summed E-state index contributed by atoms with van der Waals surface area (Å²) in [5.74, 6) is 0. The van der Waals surface area contributed by atoms with Gasteiger partial charge in [-0.15, -0.1) is 0 Å². The van der Waals surface area contributed by atoms with E-state index >= 15 is 0 Å². The Morgan fingerprint density at radius 1 is 1.35 bits per heavy atom. The molecule has 0 aromatic heterocycles. The van der Waals surface area contributed by atoms with Crippen molar-refractivity contribution in [3.8, 4) is 0 Å². The van der Waals surface area contributed by atoms with Crippen molar-refractivity contribution in [2.45, 2.75) is 46.1 Å². The molecule has 1 aromatic carbocycles. The number of hydrogen-bond donors (Lipinski definition) is 3. The minimum atomic E-state index is -0.195. The van der Waals surface area contributed by atoms with Crippen LogP contribution >= 0.6 is 0 Å². The summed E-state index contributed by atoms with van der Waals surface area (Å²) in [6.07, 6.45) is 2.93. The maximum atomic E-state index is 12.1. The zero-order valence-electron chi connectivity index (χ0n) is 12.5. The van der Waals surface area contributed by atoms with Crippen molar-refractivity contribution in [3.63, 3.8) is 0 Å². The summed E-state index contributed by atoms with van der Waals surface area (Å²) < 4.78 is 0. The lowest BCUT2D eigenvalue weighted by Crippen LogP contribution is -2.46. The van der Waals surface area contributed by atoms with Gasteiger partial charge >= 0.3 is 6.03 Å². The number of aliphatic hydroxyl groups is 1. The van der Waals surface area contributed by atoms with Gasteiger partial charge in [-0.3, -0.25) is 0 Å². The van der Waals surface area contributed by atoms with Crippen molar-refractivity contribution in [1.29, 1.82) is 0 Å². The Morgan fingerprint density at radius 3 is 2.60 bits per heavy atom. The van der Waals surface area contributed by atoms with Gasteiger partial charge in [-0.05, 0) is 49.9 Å². The van der Waals surface area contributed by atoms with E-state index in [9.17, 15) is 9.90 Å². The lowest BCUT2D eigenvalue weighted by molar-refractivity contribution is 0.122. The molecule has 1 aromatic rings. The van der Waals surface area contributed by atoms with Crippen LogP contribution in [-0.4, -0.2) is 23.8 Å². The molecule has 0 radical (unpaired) electrons. The van der Waals surface area contributed by atoms with Crippen molar-refractivity contribution < 1.29 is 9.90 Å². The van der Waals surface area contributed by atoms with Crippen molar-refractivity contribution in [1.82, 2.24) is 5.32 Å². The summed E-state index contributed by atoms with van der Waals surface area (Å²) in [5.41, 5.74) is 2.87. The molecule has 2 atom stereocenters. The number of nitrogens with one attached hydrogen (secondary N) is 2. The SMILES string of the molecule is Cc1cc(C)cc(NC(=O)NC2CCCC2(C)CO)c1. The Bertz CT molecular complexity index is 481. The molecular weight excluding hydrogens is 252 g/mol. The van der Waals surface area contributed by atoms with Crippen LogP contribution in [0.25, 0.3) is 0 Å². The fourth-order valence-corrected chi connectivity index (χ4v) is 3.04. The lowest BCUT2D eigenvalue weighted by Gasteiger charge is -2.30. The van der Waals surface area contributed by atoms with E-state index in [4.69, 9.17) is 0 Å². The summed E-state index contributed by atoms with van der Waals surface area (Å²) in [4.78, 5) is 12.1. The molecule has 4 nitrogen and oxygen atoms in total. The average Bonchev–Trinajstić information content (AvgIpc) is 2.70. The molecule has 0 aliphatic heterocycles. The second-order valence-electron chi connectivity index (χ2n) is 6.23. The standard InChI is InChI=1S/C16H24N2O2/c1-11-7-12(2)9-13(8-11)17-15(20)18-14-5-4-6-16(14,3)10-19/h7-9,14,19H,4-6,10H2,1-3H3,(H2,17,18,20). The molecular formula is C16H24N2O2. The Labute approximate surface area is 120 Å². The van der Waals surface area contributed by atoms with Crippen LogP contribution in [0.4, 0.5) is 10.5 Å². The first kappa shape index (κ1) is 14.9. The first-order valence-electron chi connectivity index (χ1n) is 7.20. The maximum Gasteiger partial charge on any atom is 0.319 e. The van der Waals surface area contributed by atoms with Gasteiger partial charge in [0.2, 0.25) is 0 Å². The van der Waals surface area contributed by atoms with Gasteiger partial charge in [0, 0.05) is 17.1 Å². The van der Waals surface area contributed by atoms with E-state index in [0.29, 0.717) is 0 Å². The number of rotatable bonds is 3. The van der Waals surface area contributed by atoms with Crippen molar-refractivity contribution in [2.75, 3.05) is 11.9 Å². The van der Waals surface area contributed by atoms with Crippen LogP contribution in [0.3, 0.4) is 0 Å². The normalized spacial score (nSPS) is 25.5. The molecule has 0 spiro atoms. The third kappa shape index (κ3) is 3.31. The van der Waals surface area contributed by atoms with Gasteiger partial charge in [-0.1, -0.05) is 19.4 Å². The molecule has 2 amide bonds. The minimum absolute atomic E-state index is 0.0402. The molecule has 1 aliphatic carbocycles. The summed E-state index contributed by atoms with van der Waals surface area (Å²) in [5, 5.41) is 15.4. The number of carbonyl (C=O) groups is 1. The fraction of sp³-hybridized carbons (Fsp3) is 0.562. The van der Waals surface area contributed by atoms with Gasteiger partial charge in [0.15, 0.2) is 0 Å². The van der Waals surface area contributed by atoms with Crippen molar-refractivity contribution >= 4 is 11.7 Å². The second kappa shape index (κ2) is 5.83. The Balaban J connectivity index is 1.99. The van der Waals surface area contributed by atoms with Gasteiger partial charge < -0.3 is 15.7 Å². The largest absolute Gasteiger partial charge is 0.396 e. The van der Waals surface area contributed by atoms with Crippen LogP contribution in [0.5, 0.6) is 0 Å². The number of urea groups is 1. The van der Waals surface area contributed by atoms with Gasteiger partial charge in [-0.25, -0.2) is 4.79 Å². The summed E-state index contributed by atoms with van der Waals surface area (Å²) >= 11 is 0. The van der Waals surface area contributed by atoms with Crippen molar-refractivity contribution in [3.05, 3.63) is 29.3 Å². The van der Waals surface area contributed by atoms with E-state index in [1.165, 1.54) is 0 Å². The second-order valence-corrected chi connectivity index (χ2v) is 6.23. The van der Waals surface area contributed by atoms with E-state index in [1.54, 1.807) is 0 Å². The average molecular weight is 276 g/mol. The predicted octanol–water partition coefficient (Wildman–Crippen LogP) is 2.98. The third-order valence-corrected chi connectivity index (χ3v) is 4.23. The van der Waals surface area contributed by atoms with Crippen LogP contribution < -0.4 is 10.6 Å². The zero-order chi connectivity index (χ0) is 14.8. The van der Waals surface area contributed by atoms with Gasteiger partial charge in [0.1, 0.15) is 0 Å². The molecule has 3 N–H and O–H groups in total. The third-order valence-electron chi connectivity index (χ3n) is 4.23. The molecule has 2 rings (SSSR count). The maximum absolute atomic E-state index is 12.1. The minimum Gasteiger partial charge on any atom is -0.396 e. The summed E-state index contributed by atoms with van der Waals surface area (Å²) in [7, 11) is 0. The summed E-state index contributed by atoms with van der Waals surface area (Å²) in [6, 6.07) is 5.82. The molecule has 0 saturated heterocycles. The van der Waals surface area contributed by atoms with Crippen LogP contribution in [0.15, 0.2) is 18.2 Å². The molecule has 110 valence electrons. The molecule has 0 bridgehead atoms. The molecule has 4 heteroatoms. The molecule has 1 fully saturated rings. The smallest absolute Gasteiger partial charge is 0.319 e. The topological polar surface area (TPSA) is 61.4 Å². The number of benzene rings is 1. The van der Waals surface area contributed by atoms with Crippen LogP contribution in [0.1, 0.15) is 37.3 Å². The number of aryl methyl sites for hydroxylation is 2. The number of anilines is 1. The van der Waals surface area contributed by atoms with Crippen molar-refractivity contribution in [2.24, 2.45) is 5.41 Å². The number of hydrogen-bond acceptors (Lipinski definition) is 2. The van der Waals surface area contributed by atoms with E-state index in [-0.39, 0.29) is 24.1 Å². The molecule has 1 aliphatic rings. The monoisotopic (exact) mass is 276 g/mol. The highest BCUT2D eigenvalue weighted by atomic mass is 16.3. The van der Waals surface area contributed by atoms with Gasteiger partial charge in [-0.2, -0.15) is 0 Å². The highest BCUT2D eigenvalue weighted by Gasteiger charge is 2.39. The van der Waals surface area contributed by atoms with E-state index in [2.05, 4.69) is 16.7 Å². The van der Waals surface area contributed by atoms with Crippen LogP contribution in [0.2, 0.25) is 0 Å². The Morgan fingerprint density at radius 2 is 2.00 bits per heavy atom. The first-order chi connectivity index (χ1) is 9.43. The highest BCUT2D eigenvalue weighted by Crippen LogP contribution is 2.37. The van der Waals surface area contributed by atoms with E-state index in [1.807, 2.05) is 32.9 Å². The molecule has 0 heterocycles. The first-order valence-corrected chi connectivity index (χ1v) is 7.20. The lowest BCUT2D eigenvalue weighted by atomic mass is 9.86. The number of carbonyl (C=O) groups excluding carboxylic acids is 1. The molecule has 2 unspecified atom stereocenters. The van der Waals surface area contributed by atoms with Crippen LogP contribution in [-0.2, 0) is 0 Å². The quantitative estimate of drug-likeness (QED) is 0.795. The number of amides is 2. The highest BCUT2D eigenvalue weighted by molar-refractivity contribution is 5.89. The predicted molar refractivity (Wildman–Crippen MR) is 80.9 cm³/mol.